The van der Waals surface area contributed by atoms with Crippen LogP contribution in [0.2, 0.25) is 0 Å². The van der Waals surface area contributed by atoms with Crippen LogP contribution < -0.4 is 9.64 Å². The number of carbonyl (C=O) groups is 2. The number of anilines is 1. The fraction of sp³-hybridized carbons (Fsp3) is 0.467. The first-order chi connectivity index (χ1) is 9.90. The summed E-state index contributed by atoms with van der Waals surface area (Å²) in [7, 11) is 3.22. The van der Waals surface area contributed by atoms with Gasteiger partial charge in [-0.1, -0.05) is 6.07 Å². The van der Waals surface area contributed by atoms with E-state index in [1.165, 1.54) is 9.80 Å². The van der Waals surface area contributed by atoms with Crippen molar-refractivity contribution in [2.24, 2.45) is 0 Å². The molecule has 0 fully saturated rings. The quantitative estimate of drug-likeness (QED) is 0.875. The second-order valence-corrected chi connectivity index (χ2v) is 4.78. The minimum atomic E-state index is -0.919. The number of amides is 2. The number of benzene rings is 1. The molecule has 1 aromatic carbocycles. The molecule has 0 radical (unpaired) electrons. The Morgan fingerprint density at radius 1 is 1.38 bits per heavy atom. The third kappa shape index (κ3) is 4.37. The second kappa shape index (κ2) is 7.52. The lowest BCUT2D eigenvalue weighted by Gasteiger charge is -2.31. The van der Waals surface area contributed by atoms with E-state index in [0.29, 0.717) is 18.0 Å². The first kappa shape index (κ1) is 16.8. The van der Waals surface area contributed by atoms with Gasteiger partial charge in [-0.2, -0.15) is 0 Å². The molecule has 21 heavy (non-hydrogen) atoms. The smallest absolute Gasteiger partial charge is 0.324 e. The highest BCUT2D eigenvalue weighted by atomic mass is 16.5. The molecule has 0 aliphatic heterocycles. The Hall–Kier alpha value is -2.24. The maximum Gasteiger partial charge on any atom is 0.324 e. The number of hydrogen-bond donors (Lipinski definition) is 1. The largest absolute Gasteiger partial charge is 0.497 e. The van der Waals surface area contributed by atoms with Crippen LogP contribution in [0.15, 0.2) is 24.3 Å². The highest BCUT2D eigenvalue weighted by Crippen LogP contribution is 2.21. The number of hydrogen-bond acceptors (Lipinski definition) is 3. The molecule has 0 aromatic heterocycles. The molecule has 0 aliphatic rings. The van der Waals surface area contributed by atoms with Crippen LogP contribution in [0.1, 0.15) is 20.3 Å². The third-order valence-electron chi connectivity index (χ3n) is 3.32. The SMILES string of the molecule is CCN(C(=O)N(C)c1cccc(OC)c1)C(C)CC(=O)O. The van der Waals surface area contributed by atoms with Gasteiger partial charge >= 0.3 is 12.0 Å². The van der Waals surface area contributed by atoms with E-state index in [2.05, 4.69) is 0 Å². The first-order valence-corrected chi connectivity index (χ1v) is 6.80. The summed E-state index contributed by atoms with van der Waals surface area (Å²) in [5, 5.41) is 8.87. The van der Waals surface area contributed by atoms with Crippen LogP contribution in [0.5, 0.6) is 5.75 Å². The molecule has 6 heteroatoms. The van der Waals surface area contributed by atoms with Crippen LogP contribution in [-0.4, -0.2) is 48.8 Å². The van der Waals surface area contributed by atoms with Crippen molar-refractivity contribution in [3.8, 4) is 5.75 Å². The van der Waals surface area contributed by atoms with Crippen LogP contribution in [0.3, 0.4) is 0 Å². The molecule has 0 aliphatic carbocycles. The Morgan fingerprint density at radius 2 is 2.05 bits per heavy atom. The van der Waals surface area contributed by atoms with E-state index >= 15 is 0 Å². The standard InChI is InChI=1S/C15H22N2O4/c1-5-17(11(2)9-14(18)19)15(20)16(3)12-7-6-8-13(10-12)21-4/h6-8,10-11H,5,9H2,1-4H3,(H,18,19). The molecular weight excluding hydrogens is 272 g/mol. The number of rotatable bonds is 6. The maximum absolute atomic E-state index is 12.5. The van der Waals surface area contributed by atoms with Gasteiger partial charge in [-0.15, -0.1) is 0 Å². The molecule has 1 rings (SSSR count). The second-order valence-electron chi connectivity index (χ2n) is 4.78. The zero-order valence-corrected chi connectivity index (χ0v) is 12.9. The van der Waals surface area contributed by atoms with Crippen molar-refractivity contribution in [1.82, 2.24) is 4.90 Å². The van der Waals surface area contributed by atoms with Crippen LogP contribution in [0, 0.1) is 0 Å². The monoisotopic (exact) mass is 294 g/mol. The lowest BCUT2D eigenvalue weighted by atomic mass is 10.2. The maximum atomic E-state index is 12.5. The Kier molecular flexibility index (Phi) is 6.02. The topological polar surface area (TPSA) is 70.1 Å². The number of carbonyl (C=O) groups excluding carboxylic acids is 1. The lowest BCUT2D eigenvalue weighted by Crippen LogP contribution is -2.46. The Morgan fingerprint density at radius 3 is 2.57 bits per heavy atom. The number of urea groups is 1. The molecule has 116 valence electrons. The normalized spacial score (nSPS) is 11.6. The van der Waals surface area contributed by atoms with Crippen molar-refractivity contribution in [2.45, 2.75) is 26.3 Å². The van der Waals surface area contributed by atoms with E-state index in [4.69, 9.17) is 9.84 Å². The van der Waals surface area contributed by atoms with E-state index in [0.717, 1.165) is 0 Å². The van der Waals surface area contributed by atoms with Crippen molar-refractivity contribution >= 4 is 17.7 Å². The number of aliphatic carboxylic acids is 1. The molecule has 6 nitrogen and oxygen atoms in total. The van der Waals surface area contributed by atoms with Gasteiger partial charge in [0.1, 0.15) is 5.75 Å². The summed E-state index contributed by atoms with van der Waals surface area (Å²) in [6.45, 7) is 4.01. The van der Waals surface area contributed by atoms with Crippen LogP contribution in [0.4, 0.5) is 10.5 Å². The van der Waals surface area contributed by atoms with E-state index in [9.17, 15) is 9.59 Å². The highest BCUT2D eigenvalue weighted by molar-refractivity contribution is 5.92. The fourth-order valence-corrected chi connectivity index (χ4v) is 2.12. The van der Waals surface area contributed by atoms with Gasteiger partial charge in [-0.05, 0) is 26.0 Å². The average Bonchev–Trinajstić information content (AvgIpc) is 2.46. The van der Waals surface area contributed by atoms with Crippen LogP contribution in [0.25, 0.3) is 0 Å². The van der Waals surface area contributed by atoms with E-state index in [1.807, 2.05) is 6.92 Å². The van der Waals surface area contributed by atoms with Crippen molar-refractivity contribution in [2.75, 3.05) is 25.6 Å². The van der Waals surface area contributed by atoms with E-state index in [1.54, 1.807) is 45.3 Å². The van der Waals surface area contributed by atoms with Crippen molar-refractivity contribution in [1.29, 1.82) is 0 Å². The van der Waals surface area contributed by atoms with E-state index in [-0.39, 0.29) is 18.5 Å². The summed E-state index contributed by atoms with van der Waals surface area (Å²) in [5.74, 6) is -0.258. The zero-order valence-electron chi connectivity index (χ0n) is 12.9. The van der Waals surface area contributed by atoms with Crippen molar-refractivity contribution in [3.63, 3.8) is 0 Å². The van der Waals surface area contributed by atoms with Gasteiger partial charge in [0.15, 0.2) is 0 Å². The van der Waals surface area contributed by atoms with Crippen LogP contribution in [-0.2, 0) is 4.79 Å². The number of ether oxygens (including phenoxy) is 1. The fourth-order valence-electron chi connectivity index (χ4n) is 2.12. The number of carboxylic acids is 1. The van der Waals surface area contributed by atoms with Gasteiger partial charge in [0.05, 0.1) is 13.5 Å². The number of carboxylic acid groups (broad SMARTS) is 1. The summed E-state index contributed by atoms with van der Waals surface area (Å²) in [4.78, 5) is 26.3. The summed E-state index contributed by atoms with van der Waals surface area (Å²) in [5.41, 5.74) is 0.695. The number of methoxy groups -OCH3 is 1. The molecule has 2 amide bonds. The number of nitrogens with zero attached hydrogens (tertiary/aromatic N) is 2. The summed E-state index contributed by atoms with van der Waals surface area (Å²) in [6, 6.07) is 6.55. The molecule has 0 spiro atoms. The predicted molar refractivity (Wildman–Crippen MR) is 80.9 cm³/mol. The summed E-state index contributed by atoms with van der Waals surface area (Å²) >= 11 is 0. The lowest BCUT2D eigenvalue weighted by molar-refractivity contribution is -0.138. The highest BCUT2D eigenvalue weighted by Gasteiger charge is 2.24. The molecule has 0 saturated carbocycles. The first-order valence-electron chi connectivity index (χ1n) is 6.80. The molecule has 0 saturated heterocycles. The van der Waals surface area contributed by atoms with E-state index < -0.39 is 5.97 Å². The van der Waals surface area contributed by atoms with Crippen molar-refractivity contribution < 1.29 is 19.4 Å². The van der Waals surface area contributed by atoms with Crippen molar-refractivity contribution in [3.05, 3.63) is 24.3 Å². The zero-order chi connectivity index (χ0) is 16.0. The van der Waals surface area contributed by atoms with Gasteiger partial charge in [-0.25, -0.2) is 4.79 Å². The predicted octanol–water partition coefficient (Wildman–Crippen LogP) is 2.44. The average molecular weight is 294 g/mol. The van der Waals surface area contributed by atoms with Gasteiger partial charge in [-0.3, -0.25) is 9.69 Å². The minimum Gasteiger partial charge on any atom is -0.497 e. The van der Waals surface area contributed by atoms with Gasteiger partial charge in [0.25, 0.3) is 0 Å². The van der Waals surface area contributed by atoms with Gasteiger partial charge in [0.2, 0.25) is 0 Å². The molecule has 0 bridgehead atoms. The van der Waals surface area contributed by atoms with Crippen LogP contribution >= 0.6 is 0 Å². The molecule has 1 atom stereocenters. The van der Waals surface area contributed by atoms with Gasteiger partial charge in [0, 0.05) is 31.4 Å². The Balaban J connectivity index is 2.90. The third-order valence-corrected chi connectivity index (χ3v) is 3.32. The minimum absolute atomic E-state index is 0.0778. The van der Waals surface area contributed by atoms with Gasteiger partial charge < -0.3 is 14.7 Å². The molecule has 1 unspecified atom stereocenters. The summed E-state index contributed by atoms with van der Waals surface area (Å²) < 4.78 is 5.14. The molecule has 1 N–H and O–H groups in total. The Bertz CT molecular complexity index is 504. The Labute approximate surface area is 124 Å². The molecular formula is C15H22N2O4. The molecule has 0 heterocycles. The molecule has 1 aromatic rings. The summed E-state index contributed by atoms with van der Waals surface area (Å²) in [6.07, 6.45) is -0.0778.